The second kappa shape index (κ2) is 6.28. The van der Waals surface area contributed by atoms with Crippen LogP contribution >= 0.6 is 0 Å². The molecule has 0 unspecified atom stereocenters. The normalized spacial score (nSPS) is 12.5. The Kier molecular flexibility index (Phi) is 4.19. The minimum Gasteiger partial charge on any atom is -0.469 e. The molecule has 0 bridgehead atoms. The second-order valence-corrected chi connectivity index (χ2v) is 5.80. The van der Waals surface area contributed by atoms with Crippen LogP contribution < -0.4 is 0 Å². The third kappa shape index (κ3) is 3.28. The molecule has 3 rings (SSSR count). The lowest BCUT2D eigenvalue weighted by Crippen LogP contribution is -2.35. The molecule has 0 aliphatic carbocycles. The lowest BCUT2D eigenvalue weighted by Gasteiger charge is -2.24. The van der Waals surface area contributed by atoms with Gasteiger partial charge in [-0.25, -0.2) is 4.39 Å². The van der Waals surface area contributed by atoms with Crippen molar-refractivity contribution in [3.63, 3.8) is 0 Å². The molecule has 0 aliphatic rings. The van der Waals surface area contributed by atoms with Crippen LogP contribution in [-0.4, -0.2) is 28.9 Å². The number of furan rings is 1. The molecule has 2 aromatic heterocycles. The predicted octanol–water partition coefficient (Wildman–Crippen LogP) is 3.99. The van der Waals surface area contributed by atoms with Crippen LogP contribution in [0, 0.1) is 5.82 Å². The van der Waals surface area contributed by atoms with E-state index in [9.17, 15) is 9.18 Å². The Labute approximate surface area is 133 Å². The molecule has 3 aromatic rings. The van der Waals surface area contributed by atoms with Gasteiger partial charge in [-0.1, -0.05) is 0 Å². The van der Waals surface area contributed by atoms with Crippen LogP contribution in [0.5, 0.6) is 0 Å². The first-order chi connectivity index (χ1) is 11.0. The summed E-state index contributed by atoms with van der Waals surface area (Å²) in [5, 5.41) is 0.699. The summed E-state index contributed by atoms with van der Waals surface area (Å²) >= 11 is 0. The predicted molar refractivity (Wildman–Crippen MR) is 86.8 cm³/mol. The first-order valence-corrected chi connectivity index (χ1v) is 7.62. The third-order valence-corrected chi connectivity index (χ3v) is 4.18. The van der Waals surface area contributed by atoms with E-state index in [-0.39, 0.29) is 17.8 Å². The maximum atomic E-state index is 13.3. The largest absolute Gasteiger partial charge is 0.469 e. The Balaban J connectivity index is 1.69. The van der Waals surface area contributed by atoms with E-state index in [2.05, 4.69) is 4.98 Å². The summed E-state index contributed by atoms with van der Waals surface area (Å²) < 4.78 is 18.6. The fourth-order valence-electron chi connectivity index (χ4n) is 2.61. The highest BCUT2D eigenvalue weighted by atomic mass is 19.1. The van der Waals surface area contributed by atoms with Crippen LogP contribution in [0.3, 0.4) is 0 Å². The van der Waals surface area contributed by atoms with Crippen molar-refractivity contribution in [1.29, 1.82) is 0 Å². The van der Waals surface area contributed by atoms with Gasteiger partial charge in [-0.15, -0.1) is 0 Å². The molecule has 23 heavy (non-hydrogen) atoms. The van der Waals surface area contributed by atoms with Crippen molar-refractivity contribution in [2.24, 2.45) is 0 Å². The van der Waals surface area contributed by atoms with Gasteiger partial charge in [-0.05, 0) is 49.7 Å². The Morgan fingerprint density at radius 2 is 2.17 bits per heavy atom. The average Bonchev–Trinajstić information content (AvgIpc) is 3.19. The molecule has 1 aromatic carbocycles. The van der Waals surface area contributed by atoms with Crippen LogP contribution in [0.15, 0.2) is 47.1 Å². The lowest BCUT2D eigenvalue weighted by atomic mass is 10.1. The van der Waals surface area contributed by atoms with Crippen LogP contribution in [-0.2, 0) is 6.42 Å². The van der Waals surface area contributed by atoms with E-state index < -0.39 is 0 Å². The number of benzene rings is 1. The molecule has 0 fully saturated rings. The number of aromatic amines is 1. The van der Waals surface area contributed by atoms with Gasteiger partial charge in [0, 0.05) is 30.4 Å². The third-order valence-electron chi connectivity index (χ3n) is 4.18. The van der Waals surface area contributed by atoms with Gasteiger partial charge in [0.2, 0.25) is 0 Å². The number of rotatable bonds is 5. The monoisotopic (exact) mass is 314 g/mol. The number of fused-ring (bicyclic) bond motifs is 1. The number of aryl methyl sites for hydroxylation is 1. The topological polar surface area (TPSA) is 49.2 Å². The number of carbonyl (C=O) groups is 1. The molecule has 0 spiro atoms. The quantitative estimate of drug-likeness (QED) is 0.774. The first kappa shape index (κ1) is 15.3. The van der Waals surface area contributed by atoms with Gasteiger partial charge in [-0.3, -0.25) is 4.79 Å². The molecule has 0 radical (unpaired) electrons. The Morgan fingerprint density at radius 3 is 2.91 bits per heavy atom. The molecule has 0 aliphatic heterocycles. The number of H-pyrrole nitrogens is 1. The maximum Gasteiger partial charge on any atom is 0.270 e. The van der Waals surface area contributed by atoms with Crippen molar-refractivity contribution in [1.82, 2.24) is 9.88 Å². The van der Waals surface area contributed by atoms with Crippen molar-refractivity contribution in [3.8, 4) is 0 Å². The summed E-state index contributed by atoms with van der Waals surface area (Å²) in [4.78, 5) is 17.3. The van der Waals surface area contributed by atoms with Crippen LogP contribution in [0.4, 0.5) is 4.39 Å². The fourth-order valence-corrected chi connectivity index (χ4v) is 2.61. The molecular formula is C18H19FN2O2. The molecule has 120 valence electrons. The van der Waals surface area contributed by atoms with Crippen molar-refractivity contribution in [3.05, 3.63) is 59.9 Å². The highest BCUT2D eigenvalue weighted by Gasteiger charge is 2.19. The average molecular weight is 314 g/mol. The highest BCUT2D eigenvalue weighted by Crippen LogP contribution is 2.19. The number of hydrogen-bond acceptors (Lipinski definition) is 2. The summed E-state index contributed by atoms with van der Waals surface area (Å²) in [5.74, 6) is 0.503. The highest BCUT2D eigenvalue weighted by molar-refractivity contribution is 5.98. The number of nitrogens with one attached hydrogen (secondary N) is 1. The van der Waals surface area contributed by atoms with E-state index in [1.165, 1.54) is 12.1 Å². The van der Waals surface area contributed by atoms with E-state index in [1.807, 2.05) is 19.1 Å². The SMILES string of the molecule is C[C@@H](CCc1ccco1)N(C)C(=O)c1cc2cc(F)ccc2[nH]1. The Morgan fingerprint density at radius 1 is 1.35 bits per heavy atom. The van der Waals surface area contributed by atoms with Gasteiger partial charge < -0.3 is 14.3 Å². The zero-order valence-corrected chi connectivity index (χ0v) is 13.2. The number of hydrogen-bond donors (Lipinski definition) is 1. The van der Waals surface area contributed by atoms with Crippen LogP contribution in [0.25, 0.3) is 10.9 Å². The molecule has 5 heteroatoms. The Bertz CT molecular complexity index is 808. The van der Waals surface area contributed by atoms with Crippen molar-refractivity contribution in [2.45, 2.75) is 25.8 Å². The smallest absolute Gasteiger partial charge is 0.270 e. The van der Waals surface area contributed by atoms with Gasteiger partial charge in [0.25, 0.3) is 5.91 Å². The van der Waals surface area contributed by atoms with Gasteiger partial charge in [0.15, 0.2) is 0 Å². The van der Waals surface area contributed by atoms with E-state index >= 15 is 0 Å². The molecule has 0 saturated carbocycles. The van der Waals surface area contributed by atoms with Crippen LogP contribution in [0.2, 0.25) is 0 Å². The maximum absolute atomic E-state index is 13.3. The zero-order valence-electron chi connectivity index (χ0n) is 13.2. The van der Waals surface area contributed by atoms with Crippen molar-refractivity contribution < 1.29 is 13.6 Å². The molecule has 1 amide bonds. The summed E-state index contributed by atoms with van der Waals surface area (Å²) in [6.07, 6.45) is 3.24. The Hall–Kier alpha value is -2.56. The minimum atomic E-state index is -0.310. The minimum absolute atomic E-state index is 0.0655. The molecular weight excluding hydrogens is 295 g/mol. The molecule has 1 atom stereocenters. The second-order valence-electron chi connectivity index (χ2n) is 5.80. The number of aromatic nitrogens is 1. The summed E-state index contributed by atoms with van der Waals surface area (Å²) in [7, 11) is 1.78. The standard InChI is InChI=1S/C18H19FN2O2/c1-12(5-7-15-4-3-9-23-15)21(2)18(22)17-11-13-10-14(19)6-8-16(13)20-17/h3-4,6,8-12,20H,5,7H2,1-2H3/t12-/m0/s1. The lowest BCUT2D eigenvalue weighted by molar-refractivity contribution is 0.0731. The van der Waals surface area contributed by atoms with Gasteiger partial charge in [-0.2, -0.15) is 0 Å². The summed E-state index contributed by atoms with van der Waals surface area (Å²) in [6, 6.07) is 9.99. The zero-order chi connectivity index (χ0) is 16.4. The number of amides is 1. The number of nitrogens with zero attached hydrogens (tertiary/aromatic N) is 1. The van der Waals surface area contributed by atoms with Gasteiger partial charge >= 0.3 is 0 Å². The van der Waals surface area contributed by atoms with E-state index in [0.717, 1.165) is 24.1 Å². The van der Waals surface area contributed by atoms with Gasteiger partial charge in [0.05, 0.1) is 6.26 Å². The molecule has 4 nitrogen and oxygen atoms in total. The number of halogens is 1. The molecule has 1 N–H and O–H groups in total. The number of carbonyl (C=O) groups excluding carboxylic acids is 1. The van der Waals surface area contributed by atoms with E-state index in [4.69, 9.17) is 4.42 Å². The summed E-state index contributed by atoms with van der Waals surface area (Å²) in [5.41, 5.74) is 1.23. The fraction of sp³-hybridized carbons (Fsp3) is 0.278. The first-order valence-electron chi connectivity index (χ1n) is 7.62. The van der Waals surface area contributed by atoms with Gasteiger partial charge in [0.1, 0.15) is 17.3 Å². The van der Waals surface area contributed by atoms with Crippen molar-refractivity contribution >= 4 is 16.8 Å². The van der Waals surface area contributed by atoms with Crippen LogP contribution in [0.1, 0.15) is 29.6 Å². The molecule has 0 saturated heterocycles. The van der Waals surface area contributed by atoms with E-state index in [0.29, 0.717) is 11.1 Å². The van der Waals surface area contributed by atoms with E-state index in [1.54, 1.807) is 30.3 Å². The van der Waals surface area contributed by atoms with Crippen molar-refractivity contribution in [2.75, 3.05) is 7.05 Å². The molecule has 2 heterocycles. The summed E-state index contributed by atoms with van der Waals surface area (Å²) in [6.45, 7) is 2.00.